The Morgan fingerprint density at radius 3 is 2.68 bits per heavy atom. The SMILES string of the molecule is COc1cc([C@@H]2C(C(=O)OC[C@H]3CCCO3)=C(C)NC3=C2C(=O)C[C@@H](c2ccco2)C3)c(OC)cc1Br. The van der Waals surface area contributed by atoms with Gasteiger partial charge < -0.3 is 28.7 Å². The van der Waals surface area contributed by atoms with E-state index in [-0.39, 0.29) is 30.8 Å². The minimum Gasteiger partial charge on any atom is -0.496 e. The molecule has 2 aliphatic heterocycles. The predicted octanol–water partition coefficient (Wildman–Crippen LogP) is 5.14. The molecule has 8 nitrogen and oxygen atoms in total. The highest BCUT2D eigenvalue weighted by molar-refractivity contribution is 9.10. The number of esters is 1. The van der Waals surface area contributed by atoms with Gasteiger partial charge in [-0.05, 0) is 66.4 Å². The summed E-state index contributed by atoms with van der Waals surface area (Å²) in [6.45, 7) is 2.68. The summed E-state index contributed by atoms with van der Waals surface area (Å²) in [5.74, 6) is 0.557. The lowest BCUT2D eigenvalue weighted by Crippen LogP contribution is -2.36. The molecule has 1 N–H and O–H groups in total. The van der Waals surface area contributed by atoms with Gasteiger partial charge in [0, 0.05) is 41.5 Å². The Morgan fingerprint density at radius 2 is 2.00 bits per heavy atom. The average Bonchev–Trinajstić information content (AvgIpc) is 3.61. The van der Waals surface area contributed by atoms with Crippen molar-refractivity contribution in [2.45, 2.75) is 50.5 Å². The molecule has 5 rings (SSSR count). The first-order chi connectivity index (χ1) is 17.9. The first-order valence-corrected chi connectivity index (χ1v) is 13.2. The summed E-state index contributed by atoms with van der Waals surface area (Å²) in [6, 6.07) is 7.33. The van der Waals surface area contributed by atoms with E-state index in [1.165, 1.54) is 0 Å². The van der Waals surface area contributed by atoms with E-state index in [1.54, 1.807) is 26.5 Å². The maximum absolute atomic E-state index is 13.8. The highest BCUT2D eigenvalue weighted by atomic mass is 79.9. The number of ketones is 1. The largest absolute Gasteiger partial charge is 0.496 e. The van der Waals surface area contributed by atoms with E-state index >= 15 is 0 Å². The van der Waals surface area contributed by atoms with Crippen LogP contribution in [0.4, 0.5) is 0 Å². The molecule has 1 aromatic carbocycles. The monoisotopic (exact) mass is 571 g/mol. The van der Waals surface area contributed by atoms with Crippen molar-refractivity contribution in [3.05, 3.63) is 68.9 Å². The van der Waals surface area contributed by atoms with Gasteiger partial charge in [-0.25, -0.2) is 4.79 Å². The van der Waals surface area contributed by atoms with Crippen LogP contribution in [-0.4, -0.2) is 45.3 Å². The number of carbonyl (C=O) groups excluding carboxylic acids is 2. The van der Waals surface area contributed by atoms with Gasteiger partial charge in [-0.15, -0.1) is 0 Å². The van der Waals surface area contributed by atoms with E-state index in [0.29, 0.717) is 51.4 Å². The summed E-state index contributed by atoms with van der Waals surface area (Å²) < 4.78 is 29.0. The Balaban J connectivity index is 1.59. The van der Waals surface area contributed by atoms with Gasteiger partial charge in [0.2, 0.25) is 0 Å². The van der Waals surface area contributed by atoms with E-state index in [4.69, 9.17) is 23.4 Å². The first kappa shape index (κ1) is 25.6. The Kier molecular flexibility index (Phi) is 7.44. The normalized spacial score (nSPS) is 23.6. The molecule has 9 heteroatoms. The molecule has 0 unspecified atom stereocenters. The smallest absolute Gasteiger partial charge is 0.336 e. The van der Waals surface area contributed by atoms with Crippen molar-refractivity contribution in [1.82, 2.24) is 5.32 Å². The number of rotatable bonds is 7. The predicted molar refractivity (Wildman–Crippen MR) is 138 cm³/mol. The molecular weight excluding hydrogens is 542 g/mol. The third-order valence-electron chi connectivity index (χ3n) is 7.23. The molecule has 1 saturated heterocycles. The molecule has 196 valence electrons. The van der Waals surface area contributed by atoms with Crippen LogP contribution in [-0.2, 0) is 19.1 Å². The maximum Gasteiger partial charge on any atom is 0.336 e. The fourth-order valence-corrected chi connectivity index (χ4v) is 5.96. The van der Waals surface area contributed by atoms with Crippen LogP contribution in [0.25, 0.3) is 0 Å². The van der Waals surface area contributed by atoms with Crippen molar-refractivity contribution in [2.75, 3.05) is 27.4 Å². The molecule has 2 aromatic rings. The summed E-state index contributed by atoms with van der Waals surface area (Å²) in [6.07, 6.45) is 4.17. The van der Waals surface area contributed by atoms with Gasteiger partial charge in [0.25, 0.3) is 0 Å². The Labute approximate surface area is 224 Å². The zero-order chi connectivity index (χ0) is 26.1. The van der Waals surface area contributed by atoms with E-state index in [9.17, 15) is 9.59 Å². The van der Waals surface area contributed by atoms with Gasteiger partial charge in [0.15, 0.2) is 5.78 Å². The molecule has 3 heterocycles. The minimum absolute atomic E-state index is 0.0546. The van der Waals surface area contributed by atoms with Crippen LogP contribution < -0.4 is 14.8 Å². The zero-order valence-electron chi connectivity index (χ0n) is 21.1. The number of allylic oxidation sites excluding steroid dienone is 3. The lowest BCUT2D eigenvalue weighted by Gasteiger charge is -2.36. The second-order valence-electron chi connectivity index (χ2n) is 9.49. The fourth-order valence-electron chi connectivity index (χ4n) is 5.48. The molecule has 0 amide bonds. The molecule has 3 aliphatic rings. The summed E-state index contributed by atoms with van der Waals surface area (Å²) >= 11 is 3.51. The fraction of sp³-hybridized carbons (Fsp3) is 0.429. The van der Waals surface area contributed by atoms with Gasteiger partial charge in [-0.3, -0.25) is 4.79 Å². The highest BCUT2D eigenvalue weighted by Crippen LogP contribution is 2.49. The van der Waals surface area contributed by atoms with Crippen molar-refractivity contribution >= 4 is 27.7 Å². The summed E-state index contributed by atoms with van der Waals surface area (Å²) in [5.41, 5.74) is 2.99. The van der Waals surface area contributed by atoms with Crippen LogP contribution in [0.15, 0.2) is 62.0 Å². The van der Waals surface area contributed by atoms with Gasteiger partial charge in [-0.2, -0.15) is 0 Å². The highest BCUT2D eigenvalue weighted by Gasteiger charge is 2.43. The third kappa shape index (κ3) is 4.94. The van der Waals surface area contributed by atoms with Crippen molar-refractivity contribution in [3.63, 3.8) is 0 Å². The molecular formula is C28H30BrNO7. The van der Waals surface area contributed by atoms with E-state index < -0.39 is 11.9 Å². The molecule has 37 heavy (non-hydrogen) atoms. The Morgan fingerprint density at radius 1 is 1.19 bits per heavy atom. The summed E-state index contributed by atoms with van der Waals surface area (Å²) in [7, 11) is 3.14. The number of hydrogen-bond acceptors (Lipinski definition) is 8. The van der Waals surface area contributed by atoms with Gasteiger partial charge in [0.1, 0.15) is 23.9 Å². The van der Waals surface area contributed by atoms with Crippen LogP contribution in [0, 0.1) is 0 Å². The van der Waals surface area contributed by atoms with Gasteiger partial charge in [-0.1, -0.05) is 0 Å². The molecule has 0 spiro atoms. The number of carbonyl (C=O) groups is 2. The van der Waals surface area contributed by atoms with Crippen molar-refractivity contribution in [2.24, 2.45) is 0 Å². The average molecular weight is 572 g/mol. The second kappa shape index (κ2) is 10.8. The number of hydrogen-bond donors (Lipinski definition) is 1. The maximum atomic E-state index is 13.8. The first-order valence-electron chi connectivity index (χ1n) is 12.4. The van der Waals surface area contributed by atoms with Crippen molar-refractivity contribution in [3.8, 4) is 11.5 Å². The van der Waals surface area contributed by atoms with Crippen LogP contribution in [0.1, 0.15) is 55.8 Å². The Bertz CT molecular complexity index is 1260. The number of benzene rings is 1. The minimum atomic E-state index is -0.685. The molecule has 3 atom stereocenters. The lowest BCUT2D eigenvalue weighted by molar-refractivity contribution is -0.142. The van der Waals surface area contributed by atoms with E-state index in [1.807, 2.05) is 25.1 Å². The number of dihydropyridines is 1. The number of ether oxygens (including phenoxy) is 4. The Hall–Kier alpha value is -3.04. The lowest BCUT2D eigenvalue weighted by atomic mass is 9.72. The third-order valence-corrected chi connectivity index (χ3v) is 7.85. The number of halogens is 1. The second-order valence-corrected chi connectivity index (χ2v) is 10.3. The summed E-state index contributed by atoms with van der Waals surface area (Å²) in [5, 5.41) is 3.36. The van der Waals surface area contributed by atoms with Crippen molar-refractivity contribution in [1.29, 1.82) is 0 Å². The zero-order valence-corrected chi connectivity index (χ0v) is 22.7. The van der Waals surface area contributed by atoms with E-state index in [2.05, 4.69) is 21.2 Å². The van der Waals surface area contributed by atoms with E-state index in [0.717, 1.165) is 24.3 Å². The van der Waals surface area contributed by atoms with Gasteiger partial charge >= 0.3 is 5.97 Å². The standard InChI is InChI=1S/C28H30BrNO7/c1-15-25(28(32)37-14-17-6-4-8-35-17)26(18-12-24(34-3)19(29)13-23(18)33-2)27-20(30-15)10-16(11-21(27)31)22-7-5-9-36-22/h5,7,9,12-13,16-17,26,30H,4,6,8,10-11,14H2,1-3H3/t16-,17+,26+/m0/s1. The summed E-state index contributed by atoms with van der Waals surface area (Å²) in [4.78, 5) is 27.4. The van der Waals surface area contributed by atoms with Crippen molar-refractivity contribution < 1.29 is 33.0 Å². The molecule has 0 radical (unpaired) electrons. The van der Waals surface area contributed by atoms with Gasteiger partial charge in [0.05, 0.1) is 42.6 Å². The quantitative estimate of drug-likeness (QED) is 0.456. The van der Waals surface area contributed by atoms with Crippen LogP contribution in [0.2, 0.25) is 0 Å². The molecule has 1 fully saturated rings. The van der Waals surface area contributed by atoms with Crippen LogP contribution >= 0.6 is 15.9 Å². The van der Waals surface area contributed by atoms with Crippen LogP contribution in [0.5, 0.6) is 11.5 Å². The molecule has 1 aromatic heterocycles. The van der Waals surface area contributed by atoms with Crippen LogP contribution in [0.3, 0.4) is 0 Å². The number of Topliss-reactive ketones (excluding diaryl/α,β-unsaturated/α-hetero) is 1. The number of nitrogens with one attached hydrogen (secondary N) is 1. The molecule has 0 saturated carbocycles. The molecule has 0 bridgehead atoms. The number of furan rings is 1. The number of methoxy groups -OCH3 is 2. The molecule has 1 aliphatic carbocycles. The topological polar surface area (TPSA) is 96.2 Å².